The quantitative estimate of drug-likeness (QED) is 0.871. The first-order valence-electron chi connectivity index (χ1n) is 6.13. The van der Waals surface area contributed by atoms with E-state index in [-0.39, 0.29) is 11.4 Å². The van der Waals surface area contributed by atoms with Crippen LogP contribution in [0.2, 0.25) is 0 Å². The van der Waals surface area contributed by atoms with Gasteiger partial charge in [-0.1, -0.05) is 6.07 Å². The molecule has 1 aromatic carbocycles. The molecule has 0 saturated carbocycles. The van der Waals surface area contributed by atoms with Crippen LogP contribution in [0.4, 0.5) is 5.69 Å². The van der Waals surface area contributed by atoms with Crippen molar-refractivity contribution in [1.29, 1.82) is 0 Å². The summed E-state index contributed by atoms with van der Waals surface area (Å²) in [5.74, 6) is 0. The summed E-state index contributed by atoms with van der Waals surface area (Å²) in [6.07, 6.45) is 1.64. The summed E-state index contributed by atoms with van der Waals surface area (Å²) in [4.78, 5) is 4.37. The highest BCUT2D eigenvalue weighted by molar-refractivity contribution is 7.89. The van der Waals surface area contributed by atoms with Crippen LogP contribution in [-0.4, -0.2) is 24.8 Å². The highest BCUT2D eigenvalue weighted by Crippen LogP contribution is 2.20. The number of benzene rings is 1. The Balaban J connectivity index is 2.27. The van der Waals surface area contributed by atoms with Crippen LogP contribution >= 0.6 is 0 Å². The first-order chi connectivity index (χ1) is 9.41. The minimum atomic E-state index is -3.54. The number of anilines is 1. The molecule has 0 radical (unpaired) electrons. The van der Waals surface area contributed by atoms with E-state index >= 15 is 0 Å². The summed E-state index contributed by atoms with van der Waals surface area (Å²) in [6.45, 7) is 2.01. The van der Waals surface area contributed by atoms with Crippen LogP contribution in [0.15, 0.2) is 47.5 Å². The maximum Gasteiger partial charge on any atom is 0.243 e. The number of sulfonamides is 1. The predicted molar refractivity (Wildman–Crippen MR) is 78.5 cm³/mol. The second-order valence-electron chi connectivity index (χ2n) is 4.60. The van der Waals surface area contributed by atoms with Crippen molar-refractivity contribution in [3.63, 3.8) is 0 Å². The normalized spacial score (nSPS) is 11.8. The first-order valence-corrected chi connectivity index (χ1v) is 7.57. The van der Waals surface area contributed by atoms with Gasteiger partial charge in [-0.15, -0.1) is 0 Å². The average Bonchev–Trinajstić information content (AvgIpc) is 2.42. The molecule has 0 unspecified atom stereocenters. The highest BCUT2D eigenvalue weighted by Gasteiger charge is 2.21. The van der Waals surface area contributed by atoms with E-state index < -0.39 is 10.0 Å². The van der Waals surface area contributed by atoms with Gasteiger partial charge in [-0.3, -0.25) is 4.98 Å². The van der Waals surface area contributed by atoms with Crippen LogP contribution in [0.5, 0.6) is 0 Å². The van der Waals surface area contributed by atoms with Crippen molar-refractivity contribution in [2.24, 2.45) is 0 Å². The van der Waals surface area contributed by atoms with Gasteiger partial charge in [0, 0.05) is 18.9 Å². The maximum absolute atomic E-state index is 12.5. The van der Waals surface area contributed by atoms with Gasteiger partial charge < -0.3 is 5.73 Å². The van der Waals surface area contributed by atoms with Gasteiger partial charge in [0.25, 0.3) is 0 Å². The zero-order valence-corrected chi connectivity index (χ0v) is 12.3. The van der Waals surface area contributed by atoms with Crippen molar-refractivity contribution in [1.82, 2.24) is 9.29 Å². The third-order valence-corrected chi connectivity index (χ3v) is 4.86. The third-order valence-electron chi connectivity index (χ3n) is 3.06. The molecule has 0 saturated heterocycles. The summed E-state index contributed by atoms with van der Waals surface area (Å²) in [5, 5.41) is 0. The van der Waals surface area contributed by atoms with Crippen molar-refractivity contribution >= 4 is 15.7 Å². The molecule has 0 aliphatic rings. The number of hydrogen-bond acceptors (Lipinski definition) is 4. The molecule has 0 bridgehead atoms. The molecule has 5 nitrogen and oxygen atoms in total. The smallest absolute Gasteiger partial charge is 0.243 e. The van der Waals surface area contributed by atoms with Gasteiger partial charge in [0.1, 0.15) is 0 Å². The van der Waals surface area contributed by atoms with Gasteiger partial charge in [0.05, 0.1) is 17.1 Å². The molecule has 0 atom stereocenters. The SMILES string of the molecule is Cc1cc(S(=O)(=O)N(C)Cc2ccccn2)ccc1N. The van der Waals surface area contributed by atoms with Gasteiger partial charge in [0.15, 0.2) is 0 Å². The Morgan fingerprint density at radius 2 is 2.00 bits per heavy atom. The fourth-order valence-corrected chi connectivity index (χ4v) is 3.02. The molecular weight excluding hydrogens is 274 g/mol. The van der Waals surface area contributed by atoms with Gasteiger partial charge in [0.2, 0.25) is 10.0 Å². The number of nitrogens with two attached hydrogens (primary N) is 1. The van der Waals surface area contributed by atoms with E-state index in [1.807, 2.05) is 6.07 Å². The lowest BCUT2D eigenvalue weighted by Crippen LogP contribution is -2.27. The van der Waals surface area contributed by atoms with E-state index in [0.717, 1.165) is 5.56 Å². The largest absolute Gasteiger partial charge is 0.399 e. The molecule has 2 N–H and O–H groups in total. The Hall–Kier alpha value is -1.92. The Morgan fingerprint density at radius 3 is 2.60 bits per heavy atom. The van der Waals surface area contributed by atoms with E-state index in [0.29, 0.717) is 11.4 Å². The topological polar surface area (TPSA) is 76.3 Å². The molecule has 20 heavy (non-hydrogen) atoms. The molecule has 6 heteroatoms. The van der Waals surface area contributed by atoms with Gasteiger partial charge in [-0.25, -0.2) is 8.42 Å². The summed E-state index contributed by atoms with van der Waals surface area (Å²) in [6, 6.07) is 10.1. The molecule has 2 rings (SSSR count). The van der Waals surface area contributed by atoms with Crippen molar-refractivity contribution in [3.8, 4) is 0 Å². The molecule has 0 amide bonds. The van der Waals surface area contributed by atoms with Crippen LogP contribution in [0, 0.1) is 6.92 Å². The Morgan fingerprint density at radius 1 is 1.25 bits per heavy atom. The maximum atomic E-state index is 12.5. The van der Waals surface area contributed by atoms with E-state index in [1.165, 1.54) is 17.4 Å². The van der Waals surface area contributed by atoms with Crippen LogP contribution in [0.3, 0.4) is 0 Å². The third kappa shape index (κ3) is 2.97. The lowest BCUT2D eigenvalue weighted by atomic mass is 10.2. The van der Waals surface area contributed by atoms with Crippen LogP contribution < -0.4 is 5.73 Å². The number of pyridine rings is 1. The van der Waals surface area contributed by atoms with Gasteiger partial charge >= 0.3 is 0 Å². The lowest BCUT2D eigenvalue weighted by molar-refractivity contribution is 0.462. The Bertz CT molecular complexity index is 700. The summed E-state index contributed by atoms with van der Waals surface area (Å²) >= 11 is 0. The van der Waals surface area contributed by atoms with E-state index in [1.54, 1.807) is 37.4 Å². The number of nitrogen functional groups attached to an aromatic ring is 1. The monoisotopic (exact) mass is 291 g/mol. The Labute approximate surface area is 119 Å². The van der Waals surface area contributed by atoms with Crippen LogP contribution in [0.1, 0.15) is 11.3 Å². The number of rotatable bonds is 4. The van der Waals surface area contributed by atoms with E-state index in [4.69, 9.17) is 5.73 Å². The summed E-state index contributed by atoms with van der Waals surface area (Å²) < 4.78 is 26.2. The molecule has 0 spiro atoms. The van der Waals surface area contributed by atoms with Crippen LogP contribution in [-0.2, 0) is 16.6 Å². The molecule has 1 heterocycles. The zero-order chi connectivity index (χ0) is 14.8. The predicted octanol–water partition coefficient (Wildman–Crippen LogP) is 1.79. The number of aromatic nitrogens is 1. The van der Waals surface area contributed by atoms with Crippen molar-refractivity contribution in [2.75, 3.05) is 12.8 Å². The van der Waals surface area contributed by atoms with Crippen molar-refractivity contribution < 1.29 is 8.42 Å². The summed E-state index contributed by atoms with van der Waals surface area (Å²) in [7, 11) is -2.00. The number of aryl methyl sites for hydroxylation is 1. The molecule has 1 aromatic heterocycles. The van der Waals surface area contributed by atoms with Gasteiger partial charge in [-0.2, -0.15) is 4.31 Å². The first kappa shape index (κ1) is 14.5. The van der Waals surface area contributed by atoms with Crippen molar-refractivity contribution in [3.05, 3.63) is 53.9 Å². The molecule has 106 valence electrons. The standard InChI is InChI=1S/C14H17N3O2S/c1-11-9-13(6-7-14(11)15)20(18,19)17(2)10-12-5-3-4-8-16-12/h3-9H,10,15H2,1-2H3. The van der Waals surface area contributed by atoms with E-state index in [2.05, 4.69) is 4.98 Å². The molecule has 0 aliphatic carbocycles. The second kappa shape index (κ2) is 5.60. The highest BCUT2D eigenvalue weighted by atomic mass is 32.2. The summed E-state index contributed by atoms with van der Waals surface area (Å²) in [5.41, 5.74) is 7.74. The molecule has 0 aliphatic heterocycles. The second-order valence-corrected chi connectivity index (χ2v) is 6.65. The van der Waals surface area contributed by atoms with Crippen molar-refractivity contribution in [2.45, 2.75) is 18.4 Å². The Kier molecular flexibility index (Phi) is 4.06. The van der Waals surface area contributed by atoms with E-state index in [9.17, 15) is 8.42 Å². The molecular formula is C14H17N3O2S. The van der Waals surface area contributed by atoms with Gasteiger partial charge in [-0.05, 0) is 42.8 Å². The fourth-order valence-electron chi connectivity index (χ4n) is 1.79. The van der Waals surface area contributed by atoms with Crippen LogP contribution in [0.25, 0.3) is 0 Å². The average molecular weight is 291 g/mol. The molecule has 2 aromatic rings. The number of nitrogens with zero attached hydrogens (tertiary/aromatic N) is 2. The zero-order valence-electron chi connectivity index (χ0n) is 11.4. The lowest BCUT2D eigenvalue weighted by Gasteiger charge is -2.17. The number of hydrogen-bond donors (Lipinski definition) is 1. The fraction of sp³-hybridized carbons (Fsp3) is 0.214. The molecule has 0 fully saturated rings. The minimum absolute atomic E-state index is 0.229. The minimum Gasteiger partial charge on any atom is -0.399 e.